The lowest BCUT2D eigenvalue weighted by molar-refractivity contribution is -0.139. The second kappa shape index (κ2) is 8.31. The minimum atomic E-state index is -4.72. The van der Waals surface area contributed by atoms with E-state index >= 15 is 0 Å². The molecule has 0 amide bonds. The molecule has 12 heteroatoms. The summed E-state index contributed by atoms with van der Waals surface area (Å²) in [6, 6.07) is 3.54. The van der Waals surface area contributed by atoms with E-state index in [-0.39, 0.29) is 10.2 Å². The number of sulfonamides is 1. The van der Waals surface area contributed by atoms with Crippen molar-refractivity contribution in [3.8, 4) is 5.75 Å². The first kappa shape index (κ1) is 22.8. The molecule has 5 nitrogen and oxygen atoms in total. The summed E-state index contributed by atoms with van der Waals surface area (Å²) in [7, 11) is -2.82. The quantitative estimate of drug-likeness (QED) is 0.466. The average molecular weight is 515 g/mol. The lowest BCUT2D eigenvalue weighted by atomic mass is 10.1. The maximum atomic E-state index is 14.0. The van der Waals surface area contributed by atoms with E-state index in [1.165, 1.54) is 0 Å². The molecule has 2 aromatic carbocycles. The minimum absolute atomic E-state index is 0.273. The number of anilines is 1. The highest BCUT2D eigenvalue weighted by atomic mass is 79.9. The van der Waals surface area contributed by atoms with Gasteiger partial charge < -0.3 is 9.64 Å². The van der Waals surface area contributed by atoms with Crippen LogP contribution < -0.4 is 9.46 Å². The fourth-order valence-corrected chi connectivity index (χ4v) is 4.45. The number of likely N-dealkylation sites (N-methyl/N-ethyl adjacent to an activating group) is 1. The number of benzene rings is 2. The highest BCUT2D eigenvalue weighted by Crippen LogP contribution is 2.39. The maximum absolute atomic E-state index is 14.0. The van der Waals surface area contributed by atoms with E-state index in [0.717, 1.165) is 12.1 Å². The van der Waals surface area contributed by atoms with Gasteiger partial charge in [-0.3, -0.25) is 4.72 Å². The zero-order valence-corrected chi connectivity index (χ0v) is 17.8. The molecular weight excluding hydrogens is 499 g/mol. The molecule has 0 aromatic heterocycles. The minimum Gasteiger partial charge on any atom is -0.488 e. The van der Waals surface area contributed by atoms with Crippen molar-refractivity contribution >= 4 is 31.6 Å². The number of halogens is 6. The van der Waals surface area contributed by atoms with E-state index < -0.39 is 50.1 Å². The van der Waals surface area contributed by atoms with Gasteiger partial charge in [0.15, 0.2) is 0 Å². The van der Waals surface area contributed by atoms with E-state index in [9.17, 15) is 30.4 Å². The normalized spacial score (nSPS) is 17.9. The van der Waals surface area contributed by atoms with Crippen LogP contribution in [0.5, 0.6) is 5.75 Å². The molecule has 164 valence electrons. The van der Waals surface area contributed by atoms with Crippen LogP contribution >= 0.6 is 15.9 Å². The number of likely N-dealkylation sites (tertiary alicyclic amines) is 1. The molecule has 1 aliphatic heterocycles. The monoisotopic (exact) mass is 514 g/mol. The van der Waals surface area contributed by atoms with Crippen molar-refractivity contribution in [1.82, 2.24) is 4.90 Å². The van der Waals surface area contributed by atoms with Crippen molar-refractivity contribution in [3.05, 3.63) is 52.0 Å². The standard InChI is InChI=1S/C18H16BrF5N2O3S/c1-26-5-4-11(9-26)29-16-6-10(2-3-12(16)18(22,23)24)25-30(27,28)17-8-14(20)13(19)7-15(17)21/h2-3,6-8,11,25H,4-5,9H2,1H3/t11-/m0/s1. The number of hydrogen-bond donors (Lipinski definition) is 1. The molecule has 2 aromatic rings. The third-order valence-corrected chi connectivity index (χ3v) is 6.45. The number of alkyl halides is 3. The molecule has 30 heavy (non-hydrogen) atoms. The van der Waals surface area contributed by atoms with Crippen LogP contribution in [0.2, 0.25) is 0 Å². The van der Waals surface area contributed by atoms with E-state index in [0.29, 0.717) is 37.7 Å². The Morgan fingerprint density at radius 3 is 2.47 bits per heavy atom. The van der Waals surface area contributed by atoms with Gasteiger partial charge in [0.2, 0.25) is 0 Å². The van der Waals surface area contributed by atoms with E-state index in [1.54, 1.807) is 7.05 Å². The van der Waals surface area contributed by atoms with Crippen molar-refractivity contribution in [2.24, 2.45) is 0 Å². The molecular formula is C18H16BrF5N2O3S. The zero-order chi connectivity index (χ0) is 22.3. The Bertz CT molecular complexity index is 1060. The first-order valence-electron chi connectivity index (χ1n) is 8.60. The number of rotatable bonds is 5. The summed E-state index contributed by atoms with van der Waals surface area (Å²) in [4.78, 5) is 0.901. The molecule has 0 aliphatic carbocycles. The maximum Gasteiger partial charge on any atom is 0.419 e. The first-order valence-corrected chi connectivity index (χ1v) is 10.9. The average Bonchev–Trinajstić information content (AvgIpc) is 3.01. The lowest BCUT2D eigenvalue weighted by Gasteiger charge is -2.19. The van der Waals surface area contributed by atoms with Crippen LogP contribution in [-0.4, -0.2) is 39.6 Å². The summed E-state index contributed by atoms with van der Waals surface area (Å²) in [6.07, 6.45) is -4.72. The molecule has 1 atom stereocenters. The topological polar surface area (TPSA) is 58.6 Å². The Labute approximate surface area is 178 Å². The second-order valence-corrected chi connectivity index (χ2v) is 9.31. The largest absolute Gasteiger partial charge is 0.488 e. The van der Waals surface area contributed by atoms with Crippen molar-refractivity contribution in [2.75, 3.05) is 24.9 Å². The molecule has 1 heterocycles. The Kier molecular flexibility index (Phi) is 6.30. The van der Waals surface area contributed by atoms with E-state index in [4.69, 9.17) is 4.74 Å². The molecule has 1 saturated heterocycles. The number of ether oxygens (including phenoxy) is 1. The van der Waals surface area contributed by atoms with Gasteiger partial charge in [-0.25, -0.2) is 17.2 Å². The summed E-state index contributed by atoms with van der Waals surface area (Å²) in [5, 5.41) is 0. The zero-order valence-electron chi connectivity index (χ0n) is 15.4. The van der Waals surface area contributed by atoms with Crippen LogP contribution in [0, 0.1) is 11.6 Å². The molecule has 0 radical (unpaired) electrons. The van der Waals surface area contributed by atoms with Gasteiger partial charge in [0.25, 0.3) is 10.0 Å². The van der Waals surface area contributed by atoms with Crippen LogP contribution in [0.1, 0.15) is 12.0 Å². The fraction of sp³-hybridized carbons (Fsp3) is 0.333. The van der Waals surface area contributed by atoms with Crippen molar-refractivity contribution in [3.63, 3.8) is 0 Å². The van der Waals surface area contributed by atoms with E-state index in [2.05, 4.69) is 15.9 Å². The van der Waals surface area contributed by atoms with Gasteiger partial charge in [0, 0.05) is 19.2 Å². The fourth-order valence-electron chi connectivity index (χ4n) is 3.01. The predicted octanol–water partition coefficient (Wildman–Crippen LogP) is 4.63. The smallest absolute Gasteiger partial charge is 0.419 e. The third-order valence-electron chi connectivity index (χ3n) is 4.45. The molecule has 1 fully saturated rings. The first-order chi connectivity index (χ1) is 13.9. The van der Waals surface area contributed by atoms with Gasteiger partial charge >= 0.3 is 6.18 Å². The molecule has 0 bridgehead atoms. The van der Waals surface area contributed by atoms with E-state index in [1.807, 2.05) is 9.62 Å². The summed E-state index contributed by atoms with van der Waals surface area (Å²) in [6.45, 7) is 1.06. The SMILES string of the molecule is CN1CC[C@H](Oc2cc(NS(=O)(=O)c3cc(F)c(Br)cc3F)ccc2C(F)(F)F)C1. The number of nitrogens with one attached hydrogen (secondary N) is 1. The van der Waals surface area contributed by atoms with Crippen LogP contribution in [0.4, 0.5) is 27.6 Å². The van der Waals surface area contributed by atoms with Crippen LogP contribution in [0.25, 0.3) is 0 Å². The Morgan fingerprint density at radius 2 is 1.87 bits per heavy atom. The van der Waals surface area contributed by atoms with Gasteiger partial charge in [0.05, 0.1) is 15.7 Å². The summed E-state index contributed by atoms with van der Waals surface area (Å²) < 4.78 is 99.9. The Morgan fingerprint density at radius 1 is 1.17 bits per heavy atom. The predicted molar refractivity (Wildman–Crippen MR) is 103 cm³/mol. The molecule has 1 N–H and O–H groups in total. The number of hydrogen-bond acceptors (Lipinski definition) is 4. The molecule has 0 saturated carbocycles. The van der Waals surface area contributed by atoms with Gasteiger partial charge in [-0.05, 0) is 53.7 Å². The summed E-state index contributed by atoms with van der Waals surface area (Å²) in [5.74, 6) is -2.79. The highest BCUT2D eigenvalue weighted by Gasteiger charge is 2.36. The van der Waals surface area contributed by atoms with Crippen molar-refractivity contribution < 1.29 is 35.1 Å². The second-order valence-electron chi connectivity index (χ2n) is 6.80. The van der Waals surface area contributed by atoms with Crippen LogP contribution in [0.3, 0.4) is 0 Å². The van der Waals surface area contributed by atoms with Crippen molar-refractivity contribution in [2.45, 2.75) is 23.6 Å². The summed E-state index contributed by atoms with van der Waals surface area (Å²) in [5.41, 5.74) is -1.35. The summed E-state index contributed by atoms with van der Waals surface area (Å²) >= 11 is 2.74. The lowest BCUT2D eigenvalue weighted by Crippen LogP contribution is -2.23. The van der Waals surface area contributed by atoms with Gasteiger partial charge in [-0.1, -0.05) is 0 Å². The van der Waals surface area contributed by atoms with Crippen LogP contribution in [0.15, 0.2) is 39.7 Å². The molecule has 3 rings (SSSR count). The third kappa shape index (κ3) is 5.03. The molecule has 0 spiro atoms. The van der Waals surface area contributed by atoms with Crippen molar-refractivity contribution in [1.29, 1.82) is 0 Å². The number of nitrogens with zero attached hydrogens (tertiary/aromatic N) is 1. The Hall–Kier alpha value is -1.92. The highest BCUT2D eigenvalue weighted by molar-refractivity contribution is 9.10. The van der Waals surface area contributed by atoms with Gasteiger partial charge in [-0.2, -0.15) is 13.2 Å². The van der Waals surface area contributed by atoms with Crippen LogP contribution in [-0.2, 0) is 16.2 Å². The molecule has 0 unspecified atom stereocenters. The Balaban J connectivity index is 1.94. The molecule has 1 aliphatic rings. The van der Waals surface area contributed by atoms with Gasteiger partial charge in [-0.15, -0.1) is 0 Å². The van der Waals surface area contributed by atoms with Gasteiger partial charge in [0.1, 0.15) is 28.4 Å².